The zero-order valence-electron chi connectivity index (χ0n) is 11.7. The van der Waals surface area contributed by atoms with Gasteiger partial charge in [0.15, 0.2) is 0 Å². The molecule has 0 bridgehead atoms. The number of nitrogens with one attached hydrogen (secondary N) is 1. The summed E-state index contributed by atoms with van der Waals surface area (Å²) in [6.07, 6.45) is 3.20. The zero-order chi connectivity index (χ0) is 15.0. The third kappa shape index (κ3) is 6.18. The van der Waals surface area contributed by atoms with Crippen LogP contribution in [0.1, 0.15) is 12.2 Å². The predicted octanol–water partition coefficient (Wildman–Crippen LogP) is 0.194. The number of ether oxygens (including phenoxy) is 1. The lowest BCUT2D eigenvalue weighted by Gasteiger charge is -2.18. The normalized spacial score (nSPS) is 11.8. The minimum atomic E-state index is -3.48. The summed E-state index contributed by atoms with van der Waals surface area (Å²) >= 11 is 0. The number of amides is 1. The van der Waals surface area contributed by atoms with Crippen molar-refractivity contribution in [3.05, 3.63) is 24.2 Å². The van der Waals surface area contributed by atoms with Crippen LogP contribution in [0.3, 0.4) is 0 Å². The molecule has 1 aromatic heterocycles. The van der Waals surface area contributed by atoms with Gasteiger partial charge in [-0.3, -0.25) is 4.79 Å². The summed E-state index contributed by atoms with van der Waals surface area (Å²) in [4.78, 5) is 11.7. The average molecular weight is 304 g/mol. The van der Waals surface area contributed by atoms with Crippen LogP contribution in [0.5, 0.6) is 0 Å². The maximum atomic E-state index is 11.7. The molecule has 0 unspecified atom stereocenters. The van der Waals surface area contributed by atoms with Crippen molar-refractivity contribution in [2.24, 2.45) is 0 Å². The molecule has 0 atom stereocenters. The Bertz CT molecular complexity index is 498. The van der Waals surface area contributed by atoms with Crippen molar-refractivity contribution < 1.29 is 22.4 Å². The van der Waals surface area contributed by atoms with Gasteiger partial charge in [0.1, 0.15) is 5.76 Å². The Morgan fingerprint density at radius 1 is 1.50 bits per heavy atom. The van der Waals surface area contributed by atoms with Gasteiger partial charge in [-0.1, -0.05) is 0 Å². The highest BCUT2D eigenvalue weighted by Crippen LogP contribution is 2.08. The largest absolute Gasteiger partial charge is 0.468 e. The van der Waals surface area contributed by atoms with E-state index in [4.69, 9.17) is 9.15 Å². The first-order valence-corrected chi connectivity index (χ1v) is 8.01. The first-order chi connectivity index (χ1) is 9.43. The van der Waals surface area contributed by atoms with E-state index in [1.165, 1.54) is 6.26 Å². The highest BCUT2D eigenvalue weighted by molar-refractivity contribution is 7.88. The minimum absolute atomic E-state index is 0.0390. The third-order valence-electron chi connectivity index (χ3n) is 2.55. The zero-order valence-corrected chi connectivity index (χ0v) is 12.5. The minimum Gasteiger partial charge on any atom is -0.468 e. The second kappa shape index (κ2) is 8.03. The molecule has 0 radical (unpaired) electrons. The molecular formula is C12H20N2O5S. The smallest absolute Gasteiger partial charge is 0.235 e. The molecule has 1 heterocycles. The summed E-state index contributed by atoms with van der Waals surface area (Å²) in [7, 11) is -1.90. The van der Waals surface area contributed by atoms with E-state index in [1.54, 1.807) is 19.2 Å². The van der Waals surface area contributed by atoms with Crippen LogP contribution in [-0.4, -0.2) is 51.7 Å². The van der Waals surface area contributed by atoms with Gasteiger partial charge in [0.2, 0.25) is 15.9 Å². The second-order valence-corrected chi connectivity index (χ2v) is 6.29. The van der Waals surface area contributed by atoms with E-state index in [0.717, 1.165) is 10.6 Å². The van der Waals surface area contributed by atoms with Gasteiger partial charge in [-0.25, -0.2) is 8.42 Å². The highest BCUT2D eigenvalue weighted by atomic mass is 32.2. The first-order valence-electron chi connectivity index (χ1n) is 6.16. The fourth-order valence-electron chi connectivity index (χ4n) is 1.53. The van der Waals surface area contributed by atoms with Gasteiger partial charge >= 0.3 is 0 Å². The molecule has 8 heteroatoms. The van der Waals surface area contributed by atoms with E-state index in [-0.39, 0.29) is 19.0 Å². The Labute approximate surface area is 118 Å². The fraction of sp³-hybridized carbons (Fsp3) is 0.583. The van der Waals surface area contributed by atoms with Crippen molar-refractivity contribution in [2.75, 3.05) is 33.1 Å². The van der Waals surface area contributed by atoms with E-state index < -0.39 is 10.0 Å². The standard InChI is InChI=1S/C12H20N2O5S/c1-18-7-4-6-13-12(15)10-14(20(2,16)17)9-11-5-3-8-19-11/h3,5,8H,4,6-7,9-10H2,1-2H3,(H,13,15). The van der Waals surface area contributed by atoms with Crippen LogP contribution in [0.4, 0.5) is 0 Å². The van der Waals surface area contributed by atoms with Crippen LogP contribution in [0.15, 0.2) is 22.8 Å². The van der Waals surface area contributed by atoms with Crippen molar-refractivity contribution in [1.29, 1.82) is 0 Å². The molecule has 0 saturated carbocycles. The summed E-state index contributed by atoms with van der Waals surface area (Å²) in [6.45, 7) is 0.803. The Kier molecular flexibility index (Phi) is 6.69. The number of nitrogens with zero attached hydrogens (tertiary/aromatic N) is 1. The molecular weight excluding hydrogens is 284 g/mol. The Morgan fingerprint density at radius 3 is 2.80 bits per heavy atom. The van der Waals surface area contributed by atoms with Crippen LogP contribution in [-0.2, 0) is 26.1 Å². The average Bonchev–Trinajstić information content (AvgIpc) is 2.86. The van der Waals surface area contributed by atoms with Crippen molar-refractivity contribution in [1.82, 2.24) is 9.62 Å². The van der Waals surface area contributed by atoms with Gasteiger partial charge in [0, 0.05) is 20.3 Å². The molecule has 7 nitrogen and oxygen atoms in total. The SMILES string of the molecule is COCCCNC(=O)CN(Cc1ccco1)S(C)(=O)=O. The van der Waals surface area contributed by atoms with E-state index >= 15 is 0 Å². The molecule has 1 rings (SSSR count). The van der Waals surface area contributed by atoms with Gasteiger partial charge in [0.25, 0.3) is 0 Å². The molecule has 0 aliphatic carbocycles. The van der Waals surface area contributed by atoms with Crippen LogP contribution >= 0.6 is 0 Å². The highest BCUT2D eigenvalue weighted by Gasteiger charge is 2.21. The number of furan rings is 1. The van der Waals surface area contributed by atoms with Crippen molar-refractivity contribution in [2.45, 2.75) is 13.0 Å². The molecule has 0 aliphatic rings. The fourth-order valence-corrected chi connectivity index (χ4v) is 2.24. The Balaban J connectivity index is 2.51. The van der Waals surface area contributed by atoms with E-state index in [2.05, 4.69) is 5.32 Å². The maximum Gasteiger partial charge on any atom is 0.235 e. The molecule has 1 amide bonds. The molecule has 0 spiro atoms. The van der Waals surface area contributed by atoms with Crippen LogP contribution in [0.25, 0.3) is 0 Å². The van der Waals surface area contributed by atoms with E-state index in [9.17, 15) is 13.2 Å². The summed E-state index contributed by atoms with van der Waals surface area (Å²) < 4.78 is 34.3. The summed E-state index contributed by atoms with van der Waals surface area (Å²) in [5, 5.41) is 2.64. The van der Waals surface area contributed by atoms with Crippen molar-refractivity contribution >= 4 is 15.9 Å². The second-order valence-electron chi connectivity index (χ2n) is 4.31. The van der Waals surface area contributed by atoms with Gasteiger partial charge in [-0.15, -0.1) is 0 Å². The lowest BCUT2D eigenvalue weighted by atomic mass is 10.4. The van der Waals surface area contributed by atoms with Gasteiger partial charge in [-0.2, -0.15) is 4.31 Å². The number of hydrogen-bond acceptors (Lipinski definition) is 5. The van der Waals surface area contributed by atoms with E-state index in [1.807, 2.05) is 0 Å². The molecule has 0 aromatic carbocycles. The molecule has 0 saturated heterocycles. The molecule has 114 valence electrons. The Morgan fingerprint density at radius 2 is 2.25 bits per heavy atom. The third-order valence-corrected chi connectivity index (χ3v) is 3.74. The van der Waals surface area contributed by atoms with Crippen molar-refractivity contribution in [3.63, 3.8) is 0 Å². The van der Waals surface area contributed by atoms with Gasteiger partial charge < -0.3 is 14.5 Å². The topological polar surface area (TPSA) is 88.8 Å². The molecule has 1 aromatic rings. The predicted molar refractivity (Wildman–Crippen MR) is 73.5 cm³/mol. The number of hydrogen-bond donors (Lipinski definition) is 1. The summed E-state index contributed by atoms with van der Waals surface area (Å²) in [6, 6.07) is 3.33. The van der Waals surface area contributed by atoms with Crippen LogP contribution in [0.2, 0.25) is 0 Å². The number of carbonyl (C=O) groups excluding carboxylic acids is 1. The van der Waals surface area contributed by atoms with Gasteiger partial charge in [0.05, 0.1) is 25.6 Å². The number of sulfonamides is 1. The summed E-state index contributed by atoms with van der Waals surface area (Å²) in [5.41, 5.74) is 0. The first kappa shape index (κ1) is 16.7. The molecule has 0 fully saturated rings. The lowest BCUT2D eigenvalue weighted by molar-refractivity contribution is -0.121. The molecule has 20 heavy (non-hydrogen) atoms. The van der Waals surface area contributed by atoms with Gasteiger partial charge in [-0.05, 0) is 18.6 Å². The quantitative estimate of drug-likeness (QED) is 0.658. The number of rotatable bonds is 9. The van der Waals surface area contributed by atoms with Crippen LogP contribution in [0, 0.1) is 0 Å². The number of methoxy groups -OCH3 is 1. The number of carbonyl (C=O) groups is 1. The summed E-state index contributed by atoms with van der Waals surface area (Å²) in [5.74, 6) is 0.140. The maximum absolute atomic E-state index is 11.7. The Hall–Kier alpha value is -1.38. The lowest BCUT2D eigenvalue weighted by Crippen LogP contribution is -2.40. The van der Waals surface area contributed by atoms with Crippen LogP contribution < -0.4 is 5.32 Å². The van der Waals surface area contributed by atoms with Crippen molar-refractivity contribution in [3.8, 4) is 0 Å². The van der Waals surface area contributed by atoms with E-state index in [0.29, 0.717) is 25.3 Å². The monoisotopic (exact) mass is 304 g/mol. The molecule has 1 N–H and O–H groups in total. The molecule has 0 aliphatic heterocycles.